The van der Waals surface area contributed by atoms with Gasteiger partial charge in [-0.2, -0.15) is 0 Å². The zero-order valence-corrected chi connectivity index (χ0v) is 11.1. The molecule has 6 heteroatoms. The Labute approximate surface area is 112 Å². The van der Waals surface area contributed by atoms with Gasteiger partial charge in [0.25, 0.3) is 0 Å². The lowest BCUT2D eigenvalue weighted by Gasteiger charge is -2.29. The zero-order valence-electron chi connectivity index (χ0n) is 11.1. The molecule has 0 spiro atoms. The van der Waals surface area contributed by atoms with Crippen molar-refractivity contribution in [3.8, 4) is 0 Å². The van der Waals surface area contributed by atoms with E-state index in [1.54, 1.807) is 17.1 Å². The van der Waals surface area contributed by atoms with Gasteiger partial charge in [-0.3, -0.25) is 9.48 Å². The van der Waals surface area contributed by atoms with E-state index < -0.39 is 0 Å². The second kappa shape index (κ2) is 5.28. The molecule has 3 atom stereocenters. The van der Waals surface area contributed by atoms with Gasteiger partial charge in [0.1, 0.15) is 0 Å². The standard InChI is InChI=1S/C13H21N5O/c14-12-3-1-2-10-8-17(9-11(10)12)13(19)4-6-18-7-5-15-16-18/h5,7,10-12H,1-4,6,8-9,14H2. The fourth-order valence-electron chi connectivity index (χ4n) is 3.44. The average molecular weight is 263 g/mol. The van der Waals surface area contributed by atoms with E-state index in [2.05, 4.69) is 10.3 Å². The number of carbonyl (C=O) groups is 1. The topological polar surface area (TPSA) is 77.0 Å². The predicted molar refractivity (Wildman–Crippen MR) is 70.0 cm³/mol. The van der Waals surface area contributed by atoms with Gasteiger partial charge in [-0.1, -0.05) is 11.6 Å². The molecule has 1 saturated carbocycles. The van der Waals surface area contributed by atoms with E-state index >= 15 is 0 Å². The molecular formula is C13H21N5O. The second-order valence-corrected chi connectivity index (χ2v) is 5.73. The van der Waals surface area contributed by atoms with E-state index in [4.69, 9.17) is 5.73 Å². The second-order valence-electron chi connectivity index (χ2n) is 5.73. The Kier molecular flexibility index (Phi) is 3.50. The Bertz CT molecular complexity index is 432. The highest BCUT2D eigenvalue weighted by Gasteiger charge is 2.40. The number of carbonyl (C=O) groups excluding carboxylic acids is 1. The van der Waals surface area contributed by atoms with E-state index in [9.17, 15) is 4.79 Å². The molecule has 1 amide bonds. The van der Waals surface area contributed by atoms with Gasteiger partial charge in [-0.15, -0.1) is 5.10 Å². The number of aromatic nitrogens is 3. The maximum Gasteiger partial charge on any atom is 0.224 e. The summed E-state index contributed by atoms with van der Waals surface area (Å²) >= 11 is 0. The van der Waals surface area contributed by atoms with Crippen molar-refractivity contribution in [3.05, 3.63) is 12.4 Å². The molecule has 104 valence electrons. The quantitative estimate of drug-likeness (QED) is 0.848. The summed E-state index contributed by atoms with van der Waals surface area (Å²) in [5.41, 5.74) is 6.17. The smallest absolute Gasteiger partial charge is 0.224 e. The highest BCUT2D eigenvalue weighted by Crippen LogP contribution is 2.35. The number of hydrogen-bond acceptors (Lipinski definition) is 4. The highest BCUT2D eigenvalue weighted by molar-refractivity contribution is 5.76. The third kappa shape index (κ3) is 2.63. The van der Waals surface area contributed by atoms with Crippen molar-refractivity contribution in [3.63, 3.8) is 0 Å². The summed E-state index contributed by atoms with van der Waals surface area (Å²) in [4.78, 5) is 14.2. The molecule has 2 N–H and O–H groups in total. The summed E-state index contributed by atoms with van der Waals surface area (Å²) in [5, 5.41) is 7.61. The van der Waals surface area contributed by atoms with Gasteiger partial charge < -0.3 is 10.6 Å². The molecule has 0 bridgehead atoms. The van der Waals surface area contributed by atoms with Crippen LogP contribution in [0, 0.1) is 11.8 Å². The molecule has 1 saturated heterocycles. The van der Waals surface area contributed by atoms with Crippen LogP contribution >= 0.6 is 0 Å². The molecule has 1 aliphatic heterocycles. The predicted octanol–water partition coefficient (Wildman–Crippen LogP) is 0.254. The Morgan fingerprint density at radius 1 is 1.37 bits per heavy atom. The molecule has 3 rings (SSSR count). The van der Waals surface area contributed by atoms with Gasteiger partial charge in [-0.05, 0) is 24.7 Å². The minimum Gasteiger partial charge on any atom is -0.342 e. The molecule has 0 aromatic carbocycles. The number of nitrogens with zero attached hydrogens (tertiary/aromatic N) is 4. The monoisotopic (exact) mass is 263 g/mol. The molecule has 6 nitrogen and oxygen atoms in total. The van der Waals surface area contributed by atoms with Crippen LogP contribution in [-0.2, 0) is 11.3 Å². The Balaban J connectivity index is 1.53. The molecule has 0 radical (unpaired) electrons. The van der Waals surface area contributed by atoms with Crippen LogP contribution in [0.1, 0.15) is 25.7 Å². The molecular weight excluding hydrogens is 242 g/mol. The fourth-order valence-corrected chi connectivity index (χ4v) is 3.44. The average Bonchev–Trinajstić information content (AvgIpc) is 3.05. The highest BCUT2D eigenvalue weighted by atomic mass is 16.2. The summed E-state index contributed by atoms with van der Waals surface area (Å²) in [6.07, 6.45) is 7.47. The number of amides is 1. The molecule has 2 fully saturated rings. The lowest BCUT2D eigenvalue weighted by Crippen LogP contribution is -2.38. The van der Waals surface area contributed by atoms with Crippen molar-refractivity contribution in [2.24, 2.45) is 17.6 Å². The van der Waals surface area contributed by atoms with Crippen LogP contribution in [0.2, 0.25) is 0 Å². The van der Waals surface area contributed by atoms with Crippen LogP contribution in [0.3, 0.4) is 0 Å². The van der Waals surface area contributed by atoms with Crippen LogP contribution < -0.4 is 5.73 Å². The van der Waals surface area contributed by atoms with Crippen molar-refractivity contribution in [1.82, 2.24) is 19.9 Å². The van der Waals surface area contributed by atoms with Gasteiger partial charge in [0.05, 0.1) is 12.7 Å². The SMILES string of the molecule is NC1CCCC2CN(C(=O)CCn3ccnn3)CC12. The summed E-state index contributed by atoms with van der Waals surface area (Å²) in [6, 6.07) is 0.284. The van der Waals surface area contributed by atoms with Crippen LogP contribution in [0.4, 0.5) is 0 Å². The number of likely N-dealkylation sites (tertiary alicyclic amines) is 1. The largest absolute Gasteiger partial charge is 0.342 e. The lowest BCUT2D eigenvalue weighted by atomic mass is 9.78. The third-order valence-corrected chi connectivity index (χ3v) is 4.53. The van der Waals surface area contributed by atoms with Crippen LogP contribution in [0.25, 0.3) is 0 Å². The molecule has 2 aliphatic rings. The van der Waals surface area contributed by atoms with Crippen molar-refractivity contribution < 1.29 is 4.79 Å². The number of hydrogen-bond donors (Lipinski definition) is 1. The molecule has 1 aliphatic carbocycles. The van der Waals surface area contributed by atoms with Gasteiger partial charge >= 0.3 is 0 Å². The van der Waals surface area contributed by atoms with Gasteiger partial charge in [0.15, 0.2) is 0 Å². The normalized spacial score (nSPS) is 30.4. The molecule has 2 heterocycles. The number of fused-ring (bicyclic) bond motifs is 1. The first-order chi connectivity index (χ1) is 9.24. The molecule has 1 aromatic rings. The first-order valence-electron chi connectivity index (χ1n) is 7.11. The maximum atomic E-state index is 12.2. The molecule has 3 unspecified atom stereocenters. The minimum atomic E-state index is 0.220. The van der Waals surface area contributed by atoms with Gasteiger partial charge in [0, 0.05) is 31.7 Å². The van der Waals surface area contributed by atoms with E-state index in [0.29, 0.717) is 24.8 Å². The summed E-state index contributed by atoms with van der Waals surface area (Å²) < 4.78 is 1.70. The van der Waals surface area contributed by atoms with Crippen molar-refractivity contribution >= 4 is 5.91 Å². The number of nitrogens with two attached hydrogens (primary N) is 1. The Morgan fingerprint density at radius 2 is 2.26 bits per heavy atom. The first kappa shape index (κ1) is 12.6. The van der Waals surface area contributed by atoms with E-state index in [-0.39, 0.29) is 11.9 Å². The summed E-state index contributed by atoms with van der Waals surface area (Å²) in [6.45, 7) is 2.35. The molecule has 1 aromatic heterocycles. The fraction of sp³-hybridized carbons (Fsp3) is 0.769. The summed E-state index contributed by atoms with van der Waals surface area (Å²) in [5.74, 6) is 1.36. The van der Waals surface area contributed by atoms with Gasteiger partial charge in [0.2, 0.25) is 5.91 Å². The van der Waals surface area contributed by atoms with Crippen molar-refractivity contribution in [2.75, 3.05) is 13.1 Å². The lowest BCUT2D eigenvalue weighted by molar-refractivity contribution is -0.130. The third-order valence-electron chi connectivity index (χ3n) is 4.53. The van der Waals surface area contributed by atoms with Crippen molar-refractivity contribution in [1.29, 1.82) is 0 Å². The van der Waals surface area contributed by atoms with E-state index in [1.165, 1.54) is 12.8 Å². The number of aryl methyl sites for hydroxylation is 1. The van der Waals surface area contributed by atoms with E-state index in [1.807, 2.05) is 4.90 Å². The minimum absolute atomic E-state index is 0.220. The van der Waals surface area contributed by atoms with E-state index in [0.717, 1.165) is 19.5 Å². The Morgan fingerprint density at radius 3 is 3.00 bits per heavy atom. The first-order valence-corrected chi connectivity index (χ1v) is 7.11. The molecule has 19 heavy (non-hydrogen) atoms. The van der Waals surface area contributed by atoms with Crippen molar-refractivity contribution in [2.45, 2.75) is 38.3 Å². The van der Waals surface area contributed by atoms with Crippen LogP contribution in [-0.4, -0.2) is 44.9 Å². The number of rotatable bonds is 3. The maximum absolute atomic E-state index is 12.2. The summed E-state index contributed by atoms with van der Waals surface area (Å²) in [7, 11) is 0. The van der Waals surface area contributed by atoms with Crippen LogP contribution in [0.15, 0.2) is 12.4 Å². The van der Waals surface area contributed by atoms with Gasteiger partial charge in [-0.25, -0.2) is 0 Å². The van der Waals surface area contributed by atoms with Crippen LogP contribution in [0.5, 0.6) is 0 Å². The Hall–Kier alpha value is -1.43. The zero-order chi connectivity index (χ0) is 13.2.